The molecule has 1 aromatic heterocycles. The molecule has 1 amide bonds. The molecule has 2 saturated carbocycles. The Bertz CT molecular complexity index is 864. The molecule has 0 saturated heterocycles. The highest BCUT2D eigenvalue weighted by molar-refractivity contribution is 7.09. The molecule has 4 rings (SSSR count). The number of hydrogen-bond acceptors (Lipinski definition) is 6. The molecule has 0 bridgehead atoms. The van der Waals surface area contributed by atoms with Gasteiger partial charge in [0.05, 0.1) is 0 Å². The van der Waals surface area contributed by atoms with Crippen molar-refractivity contribution in [1.29, 1.82) is 0 Å². The predicted octanol–water partition coefficient (Wildman–Crippen LogP) is 4.52. The number of nitrogens with one attached hydrogen (secondary N) is 2. The fraction of sp³-hybridized carbons (Fsp3) is 0.571. The lowest BCUT2D eigenvalue weighted by molar-refractivity contribution is -0.0178. The summed E-state index contributed by atoms with van der Waals surface area (Å²) in [5.74, 6) is 0.518. The van der Waals surface area contributed by atoms with Crippen LogP contribution in [0.25, 0.3) is 0 Å². The molecule has 2 aliphatic rings. The van der Waals surface area contributed by atoms with Gasteiger partial charge in [-0.1, -0.05) is 12.1 Å². The zero-order chi connectivity index (χ0) is 20.6. The average molecular weight is 419 g/mol. The fourth-order valence-electron chi connectivity index (χ4n) is 4.33. The molecule has 0 atom stereocenters. The molecule has 1 spiro atoms. The number of anilines is 1. The second kappa shape index (κ2) is 7.55. The summed E-state index contributed by atoms with van der Waals surface area (Å²) in [4.78, 5) is 16.4. The van der Waals surface area contributed by atoms with E-state index in [0.717, 1.165) is 42.2 Å². The summed E-state index contributed by atoms with van der Waals surface area (Å²) in [5, 5.41) is 7.28. The van der Waals surface area contributed by atoms with Gasteiger partial charge in [-0.25, -0.2) is 14.2 Å². The van der Waals surface area contributed by atoms with Crippen LogP contribution in [0.1, 0.15) is 57.8 Å². The first-order valence-corrected chi connectivity index (χ1v) is 10.8. The Morgan fingerprint density at radius 1 is 1.21 bits per heavy atom. The van der Waals surface area contributed by atoms with Gasteiger partial charge >= 0.3 is 6.09 Å². The summed E-state index contributed by atoms with van der Waals surface area (Å²) in [5.41, 5.74) is 0.879. The normalized spacial score (nSPS) is 25.8. The van der Waals surface area contributed by atoms with Crippen molar-refractivity contribution in [2.24, 2.45) is 5.41 Å². The summed E-state index contributed by atoms with van der Waals surface area (Å²) < 4.78 is 22.7. The van der Waals surface area contributed by atoms with E-state index in [1.807, 2.05) is 20.8 Å². The number of ether oxygens (including phenoxy) is 1. The molecule has 8 heteroatoms. The Labute approximate surface area is 174 Å². The van der Waals surface area contributed by atoms with Crippen molar-refractivity contribution in [2.45, 2.75) is 70.6 Å². The van der Waals surface area contributed by atoms with Crippen molar-refractivity contribution in [3.63, 3.8) is 0 Å². The number of amides is 1. The number of carbonyl (C=O) groups excluding carboxylic acids is 1. The van der Waals surface area contributed by atoms with E-state index in [9.17, 15) is 9.18 Å². The summed E-state index contributed by atoms with van der Waals surface area (Å²) in [6.07, 6.45) is 4.48. The minimum absolute atomic E-state index is 0.217. The zero-order valence-corrected chi connectivity index (χ0v) is 17.8. The standard InChI is InChI=1S/C21H27FN4O2S/c1-20(2,3)28-19(27)24-16-11-21(12-16)9-15(10-21)23-18-25-17(26-29-18)8-13-4-6-14(22)7-5-13/h4-7,15-16H,8-12H2,1-3H3,(H,24,27)(H,23,25,26). The van der Waals surface area contributed by atoms with Crippen LogP contribution in [0.2, 0.25) is 0 Å². The lowest BCUT2D eigenvalue weighted by atomic mass is 9.52. The summed E-state index contributed by atoms with van der Waals surface area (Å²) in [6, 6.07) is 7.06. The van der Waals surface area contributed by atoms with Gasteiger partial charge in [-0.05, 0) is 69.6 Å². The lowest BCUT2D eigenvalue weighted by Crippen LogP contribution is -2.59. The molecule has 2 aromatic rings. The number of halogens is 1. The monoisotopic (exact) mass is 418 g/mol. The molecule has 29 heavy (non-hydrogen) atoms. The second-order valence-corrected chi connectivity index (χ2v) is 10.1. The molecule has 0 radical (unpaired) electrons. The molecule has 0 unspecified atom stereocenters. The number of alkyl carbamates (subject to hydrolysis) is 1. The number of rotatable bonds is 5. The van der Waals surface area contributed by atoms with Crippen LogP contribution in [0.5, 0.6) is 0 Å². The Balaban J connectivity index is 1.19. The minimum atomic E-state index is -0.464. The minimum Gasteiger partial charge on any atom is -0.444 e. The number of aromatic nitrogens is 2. The van der Waals surface area contributed by atoms with Crippen molar-refractivity contribution in [2.75, 3.05) is 5.32 Å². The van der Waals surface area contributed by atoms with Crippen molar-refractivity contribution in [1.82, 2.24) is 14.7 Å². The topological polar surface area (TPSA) is 76.1 Å². The van der Waals surface area contributed by atoms with Gasteiger partial charge in [0.1, 0.15) is 17.2 Å². The number of hydrogen-bond donors (Lipinski definition) is 2. The number of carbonyl (C=O) groups is 1. The van der Waals surface area contributed by atoms with Crippen LogP contribution < -0.4 is 10.6 Å². The maximum Gasteiger partial charge on any atom is 0.407 e. The molecule has 1 aromatic carbocycles. The van der Waals surface area contributed by atoms with E-state index >= 15 is 0 Å². The van der Waals surface area contributed by atoms with Crippen molar-refractivity contribution in [3.8, 4) is 0 Å². The van der Waals surface area contributed by atoms with E-state index in [4.69, 9.17) is 4.74 Å². The summed E-state index contributed by atoms with van der Waals surface area (Å²) >= 11 is 1.37. The van der Waals surface area contributed by atoms with Crippen molar-refractivity contribution < 1.29 is 13.9 Å². The van der Waals surface area contributed by atoms with Gasteiger partial charge in [0.25, 0.3) is 0 Å². The first-order valence-electron chi connectivity index (χ1n) is 10.0. The molecule has 2 N–H and O–H groups in total. The van der Waals surface area contributed by atoms with Gasteiger partial charge in [0, 0.05) is 30.0 Å². The zero-order valence-electron chi connectivity index (χ0n) is 17.0. The maximum absolute atomic E-state index is 13.0. The Hall–Kier alpha value is -2.22. The molecule has 6 nitrogen and oxygen atoms in total. The quantitative estimate of drug-likeness (QED) is 0.747. The third kappa shape index (κ3) is 5.04. The van der Waals surface area contributed by atoms with Gasteiger partial charge in [-0.3, -0.25) is 0 Å². The highest BCUT2D eigenvalue weighted by Crippen LogP contribution is 2.56. The Morgan fingerprint density at radius 2 is 1.86 bits per heavy atom. The molecule has 1 heterocycles. The Morgan fingerprint density at radius 3 is 2.52 bits per heavy atom. The highest BCUT2D eigenvalue weighted by Gasteiger charge is 2.53. The van der Waals surface area contributed by atoms with E-state index in [2.05, 4.69) is 20.0 Å². The van der Waals surface area contributed by atoms with Gasteiger partial charge in [-0.2, -0.15) is 4.37 Å². The first-order chi connectivity index (χ1) is 13.7. The highest BCUT2D eigenvalue weighted by atomic mass is 32.1. The number of nitrogens with zero attached hydrogens (tertiary/aromatic N) is 2. The van der Waals surface area contributed by atoms with Crippen LogP contribution in [-0.2, 0) is 11.2 Å². The van der Waals surface area contributed by atoms with Crippen LogP contribution in [0.15, 0.2) is 24.3 Å². The number of benzene rings is 1. The van der Waals surface area contributed by atoms with Crippen molar-refractivity contribution >= 4 is 22.8 Å². The Kier molecular flexibility index (Phi) is 5.23. The maximum atomic E-state index is 13.0. The third-order valence-electron chi connectivity index (χ3n) is 5.51. The van der Waals surface area contributed by atoms with E-state index in [1.54, 1.807) is 12.1 Å². The van der Waals surface area contributed by atoms with Gasteiger partial charge in [0.15, 0.2) is 0 Å². The fourth-order valence-corrected chi connectivity index (χ4v) is 4.99. The smallest absolute Gasteiger partial charge is 0.407 e. The molecule has 2 aliphatic carbocycles. The van der Waals surface area contributed by atoms with Gasteiger partial charge < -0.3 is 15.4 Å². The molecule has 156 valence electrons. The van der Waals surface area contributed by atoms with Gasteiger partial charge in [0.2, 0.25) is 5.13 Å². The van der Waals surface area contributed by atoms with E-state index in [-0.39, 0.29) is 18.0 Å². The molecule has 0 aliphatic heterocycles. The first kappa shape index (κ1) is 20.1. The molecular weight excluding hydrogens is 391 g/mol. The van der Waals surface area contributed by atoms with Crippen LogP contribution in [0, 0.1) is 11.2 Å². The van der Waals surface area contributed by atoms with Crippen LogP contribution in [0.4, 0.5) is 14.3 Å². The largest absolute Gasteiger partial charge is 0.444 e. The second-order valence-electron chi connectivity index (χ2n) is 9.32. The van der Waals surface area contributed by atoms with E-state index in [1.165, 1.54) is 23.7 Å². The van der Waals surface area contributed by atoms with E-state index in [0.29, 0.717) is 17.9 Å². The van der Waals surface area contributed by atoms with E-state index < -0.39 is 5.60 Å². The molecular formula is C21H27FN4O2S. The predicted molar refractivity (Wildman–Crippen MR) is 111 cm³/mol. The third-order valence-corrected chi connectivity index (χ3v) is 6.19. The lowest BCUT2D eigenvalue weighted by Gasteiger charge is -2.57. The van der Waals surface area contributed by atoms with Crippen LogP contribution in [0.3, 0.4) is 0 Å². The van der Waals surface area contributed by atoms with Crippen LogP contribution >= 0.6 is 11.5 Å². The van der Waals surface area contributed by atoms with Gasteiger partial charge in [-0.15, -0.1) is 0 Å². The summed E-state index contributed by atoms with van der Waals surface area (Å²) in [7, 11) is 0. The van der Waals surface area contributed by atoms with Crippen molar-refractivity contribution in [3.05, 3.63) is 41.5 Å². The molecule has 2 fully saturated rings. The SMILES string of the molecule is CC(C)(C)OC(=O)NC1CC2(C1)CC(Nc1nc(Cc3ccc(F)cc3)ns1)C2. The summed E-state index contributed by atoms with van der Waals surface area (Å²) in [6.45, 7) is 5.61. The average Bonchev–Trinajstić information content (AvgIpc) is 2.98. The van der Waals surface area contributed by atoms with Crippen LogP contribution in [-0.4, -0.2) is 33.1 Å².